The molecule has 148 valence electrons. The van der Waals surface area contributed by atoms with Crippen LogP contribution in [0.15, 0.2) is 51.9 Å². The lowest BCUT2D eigenvalue weighted by molar-refractivity contribution is 0.269. The van der Waals surface area contributed by atoms with Crippen molar-refractivity contribution in [2.45, 2.75) is 27.4 Å². The number of ether oxygens (including phenoxy) is 2. The molecule has 0 amide bonds. The van der Waals surface area contributed by atoms with Gasteiger partial charge in [-0.15, -0.1) is 0 Å². The first-order valence-electron chi connectivity index (χ1n) is 9.20. The van der Waals surface area contributed by atoms with Gasteiger partial charge in [0.2, 0.25) is 5.88 Å². The lowest BCUT2D eigenvalue weighted by atomic mass is 10.2. The molecule has 2 aromatic carbocycles. The molecule has 29 heavy (non-hydrogen) atoms. The van der Waals surface area contributed by atoms with Crippen LogP contribution in [0, 0.1) is 25.2 Å². The minimum atomic E-state index is 0.309. The predicted octanol–water partition coefficient (Wildman–Crippen LogP) is 6.15. The monoisotopic (exact) mass is 408 g/mol. The fourth-order valence-corrected chi connectivity index (χ4v) is 2.82. The van der Waals surface area contributed by atoms with Crippen LogP contribution in [0.25, 0.3) is 0 Å². The summed E-state index contributed by atoms with van der Waals surface area (Å²) in [6, 6.07) is 15.2. The highest BCUT2D eigenvalue weighted by molar-refractivity contribution is 6.30. The van der Waals surface area contributed by atoms with Crippen molar-refractivity contribution in [1.29, 1.82) is 5.26 Å². The second kappa shape index (κ2) is 9.31. The first kappa shape index (κ1) is 20.5. The van der Waals surface area contributed by atoms with Crippen molar-refractivity contribution < 1.29 is 13.9 Å². The highest BCUT2D eigenvalue weighted by atomic mass is 35.5. The van der Waals surface area contributed by atoms with Crippen LogP contribution in [0.5, 0.6) is 11.5 Å². The number of halogens is 1. The molecule has 1 aromatic heterocycles. The highest BCUT2D eigenvalue weighted by Gasteiger charge is 2.13. The number of nitriles is 1. The Bertz CT molecular complexity index is 1060. The van der Waals surface area contributed by atoms with Crippen LogP contribution in [-0.2, 0) is 6.61 Å². The van der Waals surface area contributed by atoms with Crippen LogP contribution in [0.4, 0.5) is 5.88 Å². The van der Waals surface area contributed by atoms with E-state index in [1.54, 1.807) is 6.21 Å². The summed E-state index contributed by atoms with van der Waals surface area (Å²) in [5.41, 5.74) is 3.07. The topological polar surface area (TPSA) is 67.8 Å². The molecule has 3 rings (SSSR count). The summed E-state index contributed by atoms with van der Waals surface area (Å²) in [5.74, 6) is 2.26. The van der Waals surface area contributed by atoms with Gasteiger partial charge in [0, 0.05) is 16.8 Å². The van der Waals surface area contributed by atoms with Crippen molar-refractivity contribution in [1.82, 2.24) is 0 Å². The average molecular weight is 409 g/mol. The number of hydrogen-bond acceptors (Lipinski definition) is 5. The maximum absolute atomic E-state index is 9.30. The van der Waals surface area contributed by atoms with Crippen molar-refractivity contribution in [3.63, 3.8) is 0 Å². The molecule has 1 heterocycles. The third-order valence-corrected chi connectivity index (χ3v) is 4.64. The van der Waals surface area contributed by atoms with Crippen LogP contribution in [0.3, 0.4) is 0 Å². The van der Waals surface area contributed by atoms with Gasteiger partial charge < -0.3 is 13.9 Å². The quantitative estimate of drug-likeness (QED) is 0.439. The molecular weight excluding hydrogens is 388 g/mol. The van der Waals surface area contributed by atoms with Gasteiger partial charge in [0.1, 0.15) is 24.0 Å². The van der Waals surface area contributed by atoms with E-state index in [1.807, 2.05) is 63.2 Å². The van der Waals surface area contributed by atoms with E-state index in [2.05, 4.69) is 11.1 Å². The summed E-state index contributed by atoms with van der Waals surface area (Å²) < 4.78 is 17.2. The van der Waals surface area contributed by atoms with Crippen LogP contribution < -0.4 is 9.47 Å². The molecule has 0 saturated carbocycles. The number of aliphatic imine (C=N–C) groups is 1. The highest BCUT2D eigenvalue weighted by Crippen LogP contribution is 2.30. The second-order valence-corrected chi connectivity index (χ2v) is 6.82. The van der Waals surface area contributed by atoms with E-state index in [1.165, 1.54) is 0 Å². The van der Waals surface area contributed by atoms with Gasteiger partial charge >= 0.3 is 0 Å². The SMILES string of the molecule is CCOc1cc(C=Nc2oc(C)c(C)c2C#N)ccc1OCc1ccc(Cl)cc1. The molecule has 0 unspecified atom stereocenters. The maximum atomic E-state index is 9.30. The van der Waals surface area contributed by atoms with Crippen LogP contribution in [0.2, 0.25) is 5.02 Å². The van der Waals surface area contributed by atoms with Crippen LogP contribution >= 0.6 is 11.6 Å². The molecule has 0 fully saturated rings. The lowest BCUT2D eigenvalue weighted by Crippen LogP contribution is -2.00. The molecule has 0 N–H and O–H groups in total. The Kier molecular flexibility index (Phi) is 6.58. The smallest absolute Gasteiger partial charge is 0.237 e. The Labute approximate surface area is 175 Å². The summed E-state index contributed by atoms with van der Waals surface area (Å²) in [6.07, 6.45) is 1.64. The van der Waals surface area contributed by atoms with Crippen molar-refractivity contribution in [2.24, 2.45) is 4.99 Å². The number of rotatable bonds is 7. The third-order valence-electron chi connectivity index (χ3n) is 4.38. The first-order chi connectivity index (χ1) is 14.0. The maximum Gasteiger partial charge on any atom is 0.237 e. The van der Waals surface area contributed by atoms with Crippen LogP contribution in [-0.4, -0.2) is 12.8 Å². The normalized spacial score (nSPS) is 10.9. The molecule has 0 saturated heterocycles. The summed E-state index contributed by atoms with van der Waals surface area (Å²) in [7, 11) is 0. The molecule has 0 spiro atoms. The van der Waals surface area contributed by atoms with Gasteiger partial charge in [-0.3, -0.25) is 0 Å². The fourth-order valence-electron chi connectivity index (χ4n) is 2.70. The molecule has 3 aromatic rings. The minimum Gasteiger partial charge on any atom is -0.490 e. The largest absolute Gasteiger partial charge is 0.490 e. The Morgan fingerprint density at radius 3 is 2.55 bits per heavy atom. The van der Waals surface area contributed by atoms with E-state index < -0.39 is 0 Å². The van der Waals surface area contributed by atoms with Crippen molar-refractivity contribution in [2.75, 3.05) is 6.61 Å². The van der Waals surface area contributed by atoms with Gasteiger partial charge in [0.25, 0.3) is 0 Å². The van der Waals surface area contributed by atoms with E-state index in [4.69, 9.17) is 25.5 Å². The van der Waals surface area contributed by atoms with Gasteiger partial charge in [-0.2, -0.15) is 5.26 Å². The van der Waals surface area contributed by atoms with Gasteiger partial charge in [-0.05, 0) is 62.2 Å². The van der Waals surface area contributed by atoms with Crippen molar-refractivity contribution >= 4 is 23.7 Å². The van der Waals surface area contributed by atoms with E-state index in [-0.39, 0.29) is 0 Å². The molecule has 5 nitrogen and oxygen atoms in total. The van der Waals surface area contributed by atoms with Gasteiger partial charge in [-0.25, -0.2) is 4.99 Å². The summed E-state index contributed by atoms with van der Waals surface area (Å²) >= 11 is 5.92. The van der Waals surface area contributed by atoms with E-state index in [0.29, 0.717) is 46.9 Å². The number of benzene rings is 2. The molecule has 0 aliphatic heterocycles. The molecule has 0 radical (unpaired) electrons. The standard InChI is InChI=1S/C23H21ClN2O3/c1-4-27-22-11-18(13-26-23-20(12-25)15(2)16(3)29-23)7-10-21(22)28-14-17-5-8-19(24)9-6-17/h5-11,13H,4,14H2,1-3H3. The van der Waals surface area contributed by atoms with Gasteiger partial charge in [0.05, 0.1) is 6.61 Å². The molecule has 6 heteroatoms. The van der Waals surface area contributed by atoms with E-state index >= 15 is 0 Å². The zero-order valence-corrected chi connectivity index (χ0v) is 17.3. The minimum absolute atomic E-state index is 0.309. The molecule has 0 aliphatic rings. The Morgan fingerprint density at radius 2 is 1.86 bits per heavy atom. The van der Waals surface area contributed by atoms with Crippen molar-refractivity contribution in [3.05, 3.63) is 75.5 Å². The molecule has 0 aliphatic carbocycles. The zero-order chi connectivity index (χ0) is 20.8. The number of hydrogen-bond donors (Lipinski definition) is 0. The Morgan fingerprint density at radius 1 is 1.10 bits per heavy atom. The lowest BCUT2D eigenvalue weighted by Gasteiger charge is -2.12. The predicted molar refractivity (Wildman–Crippen MR) is 114 cm³/mol. The van der Waals surface area contributed by atoms with Crippen molar-refractivity contribution in [3.8, 4) is 17.6 Å². The number of furan rings is 1. The summed E-state index contributed by atoms with van der Waals surface area (Å²) in [4.78, 5) is 4.34. The summed E-state index contributed by atoms with van der Waals surface area (Å²) in [5, 5.41) is 9.99. The fraction of sp³-hybridized carbons (Fsp3) is 0.217. The van der Waals surface area contributed by atoms with E-state index in [9.17, 15) is 5.26 Å². The second-order valence-electron chi connectivity index (χ2n) is 6.39. The molecular formula is C23H21ClN2O3. The first-order valence-corrected chi connectivity index (χ1v) is 9.57. The Balaban J connectivity index is 1.79. The average Bonchev–Trinajstić information content (AvgIpc) is 3.00. The zero-order valence-electron chi connectivity index (χ0n) is 16.5. The Hall–Kier alpha value is -3.23. The number of aryl methyl sites for hydroxylation is 1. The van der Waals surface area contributed by atoms with Gasteiger partial charge in [-0.1, -0.05) is 23.7 Å². The molecule has 0 bridgehead atoms. The molecule has 0 atom stereocenters. The van der Waals surface area contributed by atoms with E-state index in [0.717, 1.165) is 16.7 Å². The number of nitrogens with zero attached hydrogens (tertiary/aromatic N) is 2. The summed E-state index contributed by atoms with van der Waals surface area (Å²) in [6.45, 7) is 6.48. The third kappa shape index (κ3) is 4.98. The van der Waals surface area contributed by atoms with Crippen LogP contribution in [0.1, 0.15) is 34.9 Å². The van der Waals surface area contributed by atoms with Gasteiger partial charge in [0.15, 0.2) is 11.5 Å².